The van der Waals surface area contributed by atoms with E-state index in [1.54, 1.807) is 36.4 Å². The molecule has 0 unspecified atom stereocenters. The molecule has 0 radical (unpaired) electrons. The molecule has 1 aromatic carbocycles. The average Bonchev–Trinajstić information content (AvgIpc) is 2.55. The fourth-order valence-electron chi connectivity index (χ4n) is 2.01. The Labute approximate surface area is 146 Å². The zero-order chi connectivity index (χ0) is 18.2. The number of para-hydroxylation sites is 1. The summed E-state index contributed by atoms with van der Waals surface area (Å²) in [6.07, 6.45) is 1.06. The van der Waals surface area contributed by atoms with Crippen LogP contribution in [0.25, 0.3) is 0 Å². The Bertz CT molecular complexity index is 761. The molecule has 0 aliphatic rings. The topological polar surface area (TPSA) is 119 Å². The van der Waals surface area contributed by atoms with E-state index in [1.165, 1.54) is 0 Å². The van der Waals surface area contributed by atoms with E-state index in [2.05, 4.69) is 15.2 Å². The average molecular weight is 342 g/mol. The van der Waals surface area contributed by atoms with Crippen LogP contribution in [0.5, 0.6) is 5.75 Å². The third kappa shape index (κ3) is 5.85. The van der Waals surface area contributed by atoms with Gasteiger partial charge in [0.05, 0.1) is 0 Å². The number of nitrogens with two attached hydrogens (primary N) is 2. The molecule has 2 aromatic rings. The van der Waals surface area contributed by atoms with Crippen LogP contribution >= 0.6 is 0 Å². The Hall–Kier alpha value is -3.00. The monoisotopic (exact) mass is 342 g/mol. The van der Waals surface area contributed by atoms with Crippen LogP contribution in [0.15, 0.2) is 46.6 Å². The summed E-state index contributed by atoms with van der Waals surface area (Å²) in [5.41, 5.74) is 12.1. The fourth-order valence-corrected chi connectivity index (χ4v) is 2.01. The number of carbonyl (C=O) groups is 1. The van der Waals surface area contributed by atoms with Gasteiger partial charge in [-0.3, -0.25) is 4.79 Å². The molecule has 25 heavy (non-hydrogen) atoms. The Morgan fingerprint density at radius 1 is 1.12 bits per heavy atom. The first kappa shape index (κ1) is 18.3. The van der Waals surface area contributed by atoms with E-state index < -0.39 is 0 Å². The van der Waals surface area contributed by atoms with Crippen LogP contribution in [0.1, 0.15) is 12.8 Å². The number of aromatic nitrogens is 1. The Morgan fingerprint density at radius 2 is 1.84 bits per heavy atom. The number of esters is 1. The molecule has 2 rings (SSSR count). The van der Waals surface area contributed by atoms with Gasteiger partial charge in [-0.15, -0.1) is 10.2 Å². The van der Waals surface area contributed by atoms with Crippen molar-refractivity contribution >= 4 is 29.0 Å². The normalized spacial score (nSPS) is 11.2. The van der Waals surface area contributed by atoms with Crippen LogP contribution in [0.3, 0.4) is 0 Å². The van der Waals surface area contributed by atoms with E-state index in [9.17, 15) is 4.79 Å². The first-order valence-electron chi connectivity index (χ1n) is 7.84. The SMILES string of the molecule is CN(C)CCCC(=O)Oc1ccccc1N=Nc1ccc(N)nc1N. The number of hydrogen-bond donors (Lipinski definition) is 2. The first-order chi connectivity index (χ1) is 12.0. The predicted molar refractivity (Wildman–Crippen MR) is 97.1 cm³/mol. The number of pyridine rings is 1. The highest BCUT2D eigenvalue weighted by Crippen LogP contribution is 2.30. The third-order valence-corrected chi connectivity index (χ3v) is 3.26. The van der Waals surface area contributed by atoms with Crippen molar-refractivity contribution in [3.8, 4) is 5.75 Å². The summed E-state index contributed by atoms with van der Waals surface area (Å²) >= 11 is 0. The zero-order valence-corrected chi connectivity index (χ0v) is 14.3. The second-order valence-electron chi connectivity index (χ2n) is 5.69. The number of nitrogen functional groups attached to an aromatic ring is 2. The van der Waals surface area contributed by atoms with E-state index in [-0.39, 0.29) is 11.8 Å². The molecule has 8 heteroatoms. The lowest BCUT2D eigenvalue weighted by Crippen LogP contribution is -2.16. The van der Waals surface area contributed by atoms with E-state index in [4.69, 9.17) is 16.2 Å². The second kappa shape index (κ2) is 8.74. The molecule has 0 saturated carbocycles. The highest BCUT2D eigenvalue weighted by atomic mass is 16.5. The van der Waals surface area contributed by atoms with E-state index in [0.29, 0.717) is 29.4 Å². The number of azo groups is 1. The number of hydrogen-bond acceptors (Lipinski definition) is 8. The van der Waals surface area contributed by atoms with Crippen LogP contribution in [0, 0.1) is 0 Å². The highest BCUT2D eigenvalue weighted by molar-refractivity contribution is 5.74. The Morgan fingerprint density at radius 3 is 2.56 bits per heavy atom. The fraction of sp³-hybridized carbons (Fsp3) is 0.294. The van der Waals surface area contributed by atoms with Gasteiger partial charge >= 0.3 is 5.97 Å². The van der Waals surface area contributed by atoms with Gasteiger partial charge in [-0.25, -0.2) is 4.98 Å². The summed E-state index contributed by atoms with van der Waals surface area (Å²) < 4.78 is 5.39. The molecule has 1 aromatic heterocycles. The summed E-state index contributed by atoms with van der Waals surface area (Å²) in [7, 11) is 3.91. The summed E-state index contributed by atoms with van der Waals surface area (Å²) in [6.45, 7) is 0.819. The minimum Gasteiger partial charge on any atom is -0.424 e. The maximum atomic E-state index is 12.0. The van der Waals surface area contributed by atoms with Gasteiger partial charge in [-0.1, -0.05) is 12.1 Å². The van der Waals surface area contributed by atoms with Crippen LogP contribution in [-0.4, -0.2) is 36.5 Å². The van der Waals surface area contributed by atoms with Crippen LogP contribution in [0.4, 0.5) is 23.0 Å². The lowest BCUT2D eigenvalue weighted by molar-refractivity contribution is -0.134. The lowest BCUT2D eigenvalue weighted by atomic mass is 10.3. The molecule has 4 N–H and O–H groups in total. The van der Waals surface area contributed by atoms with Crippen molar-refractivity contribution in [1.82, 2.24) is 9.88 Å². The van der Waals surface area contributed by atoms with Crippen molar-refractivity contribution in [1.29, 1.82) is 0 Å². The number of rotatable bonds is 7. The Kier molecular flexibility index (Phi) is 6.41. The quantitative estimate of drug-likeness (QED) is 0.453. The first-order valence-corrected chi connectivity index (χ1v) is 7.84. The molecule has 8 nitrogen and oxygen atoms in total. The molecule has 0 bridgehead atoms. The molecular formula is C17H22N6O2. The molecule has 0 aliphatic carbocycles. The molecule has 0 atom stereocenters. The molecule has 0 spiro atoms. The molecule has 132 valence electrons. The third-order valence-electron chi connectivity index (χ3n) is 3.26. The van der Waals surface area contributed by atoms with Gasteiger partial charge in [0.2, 0.25) is 0 Å². The number of carbonyl (C=O) groups excluding carboxylic acids is 1. The van der Waals surface area contributed by atoms with Crippen molar-refractivity contribution in [2.75, 3.05) is 32.1 Å². The van der Waals surface area contributed by atoms with Gasteiger partial charge in [0.1, 0.15) is 17.2 Å². The van der Waals surface area contributed by atoms with Crippen molar-refractivity contribution in [3.05, 3.63) is 36.4 Å². The Balaban J connectivity index is 2.07. The highest BCUT2D eigenvalue weighted by Gasteiger charge is 2.09. The lowest BCUT2D eigenvalue weighted by Gasteiger charge is -2.09. The van der Waals surface area contributed by atoms with Gasteiger partial charge in [-0.05, 0) is 51.3 Å². The predicted octanol–water partition coefficient (Wildman–Crippen LogP) is 2.91. The maximum Gasteiger partial charge on any atom is 0.311 e. The van der Waals surface area contributed by atoms with Gasteiger partial charge in [0, 0.05) is 6.42 Å². The number of ether oxygens (including phenoxy) is 1. The van der Waals surface area contributed by atoms with E-state index in [1.807, 2.05) is 19.0 Å². The van der Waals surface area contributed by atoms with Crippen molar-refractivity contribution in [2.45, 2.75) is 12.8 Å². The van der Waals surface area contributed by atoms with Crippen molar-refractivity contribution in [3.63, 3.8) is 0 Å². The summed E-state index contributed by atoms with van der Waals surface area (Å²) in [5.74, 6) is 0.534. The van der Waals surface area contributed by atoms with Crippen LogP contribution < -0.4 is 16.2 Å². The van der Waals surface area contributed by atoms with Crippen LogP contribution in [0.2, 0.25) is 0 Å². The van der Waals surface area contributed by atoms with Crippen molar-refractivity contribution < 1.29 is 9.53 Å². The smallest absolute Gasteiger partial charge is 0.311 e. The largest absolute Gasteiger partial charge is 0.424 e. The van der Waals surface area contributed by atoms with Gasteiger partial charge < -0.3 is 21.1 Å². The molecule has 0 fully saturated rings. The molecule has 0 aliphatic heterocycles. The standard InChI is InChI=1S/C17H22N6O2/c1-23(2)11-5-8-16(24)25-14-7-4-3-6-12(14)21-22-13-9-10-15(18)20-17(13)19/h3-4,6-7,9-10H,5,8,11H2,1-2H3,(H4,18,19,20). The summed E-state index contributed by atoms with van der Waals surface area (Å²) in [4.78, 5) is 17.9. The zero-order valence-electron chi connectivity index (χ0n) is 14.3. The van der Waals surface area contributed by atoms with Crippen LogP contribution in [-0.2, 0) is 4.79 Å². The number of benzene rings is 1. The van der Waals surface area contributed by atoms with Crippen molar-refractivity contribution in [2.24, 2.45) is 10.2 Å². The number of nitrogens with zero attached hydrogens (tertiary/aromatic N) is 4. The minimum absolute atomic E-state index is 0.182. The molecule has 0 amide bonds. The maximum absolute atomic E-state index is 12.0. The van der Waals surface area contributed by atoms with Gasteiger partial charge in [0.25, 0.3) is 0 Å². The number of anilines is 2. The summed E-state index contributed by atoms with van der Waals surface area (Å²) in [6, 6.07) is 10.1. The second-order valence-corrected chi connectivity index (χ2v) is 5.69. The van der Waals surface area contributed by atoms with E-state index in [0.717, 1.165) is 13.0 Å². The van der Waals surface area contributed by atoms with Gasteiger partial charge in [0.15, 0.2) is 11.6 Å². The molecule has 1 heterocycles. The van der Waals surface area contributed by atoms with Gasteiger partial charge in [-0.2, -0.15) is 0 Å². The summed E-state index contributed by atoms with van der Waals surface area (Å²) in [5, 5.41) is 8.16. The molecular weight excluding hydrogens is 320 g/mol. The van der Waals surface area contributed by atoms with E-state index >= 15 is 0 Å². The minimum atomic E-state index is -0.307. The molecule has 0 saturated heterocycles.